The second-order valence-corrected chi connectivity index (χ2v) is 6.99. The van der Waals surface area contributed by atoms with Gasteiger partial charge in [0.15, 0.2) is 11.5 Å². The summed E-state index contributed by atoms with van der Waals surface area (Å²) in [7, 11) is 0. The number of hydrogen-bond acceptors (Lipinski definition) is 5. The fourth-order valence-corrected chi connectivity index (χ4v) is 3.79. The first-order valence-corrected chi connectivity index (χ1v) is 8.94. The van der Waals surface area contributed by atoms with E-state index in [-0.39, 0.29) is 18.1 Å². The summed E-state index contributed by atoms with van der Waals surface area (Å²) >= 11 is 0. The highest BCUT2D eigenvalue weighted by molar-refractivity contribution is 5.92. The van der Waals surface area contributed by atoms with Crippen LogP contribution in [0.1, 0.15) is 47.7 Å². The molecule has 2 aromatic rings. The van der Waals surface area contributed by atoms with Crippen LogP contribution in [0, 0.1) is 0 Å². The standard InChI is InChI=1S/C18H24N4O3/c1-13-17-3-2-6-21(17)9-10-22(13)18(24)16-11-15(25-19-16)12-20-7-4-14(23)5-8-20/h2-3,6,11,13-14,23H,4-5,7-10,12H2,1H3/t13-/m0/s1. The van der Waals surface area contributed by atoms with Crippen molar-refractivity contribution in [3.8, 4) is 0 Å². The maximum atomic E-state index is 12.8. The van der Waals surface area contributed by atoms with Crippen LogP contribution < -0.4 is 0 Å². The molecule has 0 spiro atoms. The van der Waals surface area contributed by atoms with Crippen LogP contribution in [0.3, 0.4) is 0 Å². The largest absolute Gasteiger partial charge is 0.393 e. The summed E-state index contributed by atoms with van der Waals surface area (Å²) in [6.45, 7) is 5.83. The number of aliphatic hydroxyl groups excluding tert-OH is 1. The molecule has 1 amide bonds. The normalized spacial score (nSPS) is 22.2. The molecule has 134 valence electrons. The van der Waals surface area contributed by atoms with Crippen LogP contribution >= 0.6 is 0 Å². The minimum Gasteiger partial charge on any atom is -0.393 e. The first-order valence-electron chi connectivity index (χ1n) is 8.94. The fourth-order valence-electron chi connectivity index (χ4n) is 3.79. The highest BCUT2D eigenvalue weighted by Crippen LogP contribution is 2.27. The van der Waals surface area contributed by atoms with Gasteiger partial charge in [-0.05, 0) is 31.9 Å². The lowest BCUT2D eigenvalue weighted by Gasteiger charge is -2.34. The Morgan fingerprint density at radius 3 is 2.92 bits per heavy atom. The van der Waals surface area contributed by atoms with E-state index in [4.69, 9.17) is 4.52 Å². The third-order valence-corrected chi connectivity index (χ3v) is 5.32. The molecule has 4 rings (SSSR count). The summed E-state index contributed by atoms with van der Waals surface area (Å²) in [4.78, 5) is 16.9. The SMILES string of the molecule is C[C@H]1c2cccn2CCN1C(=O)c1cc(CN2CCC(O)CC2)on1. The Balaban J connectivity index is 1.42. The molecule has 7 nitrogen and oxygen atoms in total. The number of likely N-dealkylation sites (tertiary alicyclic amines) is 1. The lowest BCUT2D eigenvalue weighted by molar-refractivity contribution is 0.0632. The average molecular weight is 344 g/mol. The molecule has 7 heteroatoms. The maximum absolute atomic E-state index is 12.8. The van der Waals surface area contributed by atoms with Crippen molar-refractivity contribution in [2.75, 3.05) is 19.6 Å². The molecule has 2 aliphatic heterocycles. The third kappa shape index (κ3) is 3.21. The van der Waals surface area contributed by atoms with Gasteiger partial charge in [0.05, 0.1) is 18.7 Å². The summed E-state index contributed by atoms with van der Waals surface area (Å²) in [6, 6.07) is 5.86. The van der Waals surface area contributed by atoms with Gasteiger partial charge in [0.1, 0.15) is 0 Å². The zero-order valence-electron chi connectivity index (χ0n) is 14.5. The fraction of sp³-hybridized carbons (Fsp3) is 0.556. The average Bonchev–Trinajstić information content (AvgIpc) is 3.26. The van der Waals surface area contributed by atoms with Crippen molar-refractivity contribution in [3.05, 3.63) is 41.5 Å². The predicted molar refractivity (Wildman–Crippen MR) is 90.9 cm³/mol. The van der Waals surface area contributed by atoms with Gasteiger partial charge in [-0.15, -0.1) is 0 Å². The molecule has 2 aromatic heterocycles. The molecule has 25 heavy (non-hydrogen) atoms. The molecule has 1 N–H and O–H groups in total. The van der Waals surface area contributed by atoms with E-state index in [1.165, 1.54) is 0 Å². The van der Waals surface area contributed by atoms with Crippen LogP contribution in [0.5, 0.6) is 0 Å². The number of rotatable bonds is 3. The Hall–Kier alpha value is -2.12. The van der Waals surface area contributed by atoms with Gasteiger partial charge < -0.3 is 19.1 Å². The molecule has 0 aromatic carbocycles. The first-order chi connectivity index (χ1) is 12.1. The number of amides is 1. The van der Waals surface area contributed by atoms with Crippen LogP contribution in [0.15, 0.2) is 28.9 Å². The van der Waals surface area contributed by atoms with Crippen LogP contribution in [0.4, 0.5) is 0 Å². The second-order valence-electron chi connectivity index (χ2n) is 6.99. The van der Waals surface area contributed by atoms with Crippen LogP contribution in [-0.2, 0) is 13.1 Å². The minimum absolute atomic E-state index is 0.0278. The topological polar surface area (TPSA) is 74.7 Å². The molecule has 0 aliphatic carbocycles. The molecule has 0 saturated carbocycles. The van der Waals surface area contributed by atoms with Gasteiger partial charge in [0.2, 0.25) is 0 Å². The highest BCUT2D eigenvalue weighted by atomic mass is 16.5. The van der Waals surface area contributed by atoms with E-state index in [1.807, 2.05) is 17.9 Å². The van der Waals surface area contributed by atoms with Crippen molar-refractivity contribution in [3.63, 3.8) is 0 Å². The number of piperidine rings is 1. The van der Waals surface area contributed by atoms with E-state index in [0.717, 1.165) is 38.2 Å². The van der Waals surface area contributed by atoms with Gasteiger partial charge in [0.25, 0.3) is 5.91 Å². The zero-order valence-corrected chi connectivity index (χ0v) is 14.5. The zero-order chi connectivity index (χ0) is 17.4. The molecular formula is C18H24N4O3. The monoisotopic (exact) mass is 344 g/mol. The van der Waals surface area contributed by atoms with Gasteiger partial charge in [-0.25, -0.2) is 0 Å². The van der Waals surface area contributed by atoms with Crippen molar-refractivity contribution < 1.29 is 14.4 Å². The number of carbonyl (C=O) groups excluding carboxylic acids is 1. The molecule has 2 aliphatic rings. The maximum Gasteiger partial charge on any atom is 0.276 e. The molecule has 4 heterocycles. The molecule has 1 saturated heterocycles. The quantitative estimate of drug-likeness (QED) is 0.916. The van der Waals surface area contributed by atoms with E-state index >= 15 is 0 Å². The Bertz CT molecular complexity index is 745. The summed E-state index contributed by atoms with van der Waals surface area (Å²) in [6.07, 6.45) is 3.43. The molecule has 0 unspecified atom stereocenters. The minimum atomic E-state index is -0.192. The van der Waals surface area contributed by atoms with Crippen molar-refractivity contribution in [2.45, 2.75) is 45.0 Å². The van der Waals surface area contributed by atoms with Gasteiger partial charge in [0, 0.05) is 44.1 Å². The molecule has 1 fully saturated rings. The highest BCUT2D eigenvalue weighted by Gasteiger charge is 2.30. The number of nitrogens with zero attached hydrogens (tertiary/aromatic N) is 4. The Morgan fingerprint density at radius 2 is 2.12 bits per heavy atom. The summed E-state index contributed by atoms with van der Waals surface area (Å²) < 4.78 is 7.58. The summed E-state index contributed by atoms with van der Waals surface area (Å²) in [5.41, 5.74) is 1.52. The van der Waals surface area contributed by atoms with Crippen molar-refractivity contribution in [1.29, 1.82) is 0 Å². The number of hydrogen-bond donors (Lipinski definition) is 1. The second kappa shape index (κ2) is 6.65. The van der Waals surface area contributed by atoms with E-state index in [0.29, 0.717) is 24.5 Å². The summed E-state index contributed by atoms with van der Waals surface area (Å²) in [5.74, 6) is 0.622. The first kappa shape index (κ1) is 16.4. The van der Waals surface area contributed by atoms with Crippen molar-refractivity contribution in [2.24, 2.45) is 0 Å². The molecule has 0 radical (unpaired) electrons. The van der Waals surface area contributed by atoms with Gasteiger partial charge in [-0.3, -0.25) is 9.69 Å². The number of fused-ring (bicyclic) bond motifs is 1. The van der Waals surface area contributed by atoms with Crippen LogP contribution in [0.2, 0.25) is 0 Å². The third-order valence-electron chi connectivity index (χ3n) is 5.32. The van der Waals surface area contributed by atoms with Gasteiger partial charge >= 0.3 is 0 Å². The van der Waals surface area contributed by atoms with E-state index < -0.39 is 0 Å². The van der Waals surface area contributed by atoms with Gasteiger partial charge in [-0.1, -0.05) is 5.16 Å². The van der Waals surface area contributed by atoms with E-state index in [1.54, 1.807) is 6.07 Å². The summed E-state index contributed by atoms with van der Waals surface area (Å²) in [5, 5.41) is 13.6. The number of aliphatic hydroxyl groups is 1. The number of aromatic nitrogens is 2. The predicted octanol–water partition coefficient (Wildman–Crippen LogP) is 1.65. The van der Waals surface area contributed by atoms with E-state index in [2.05, 4.69) is 26.9 Å². The van der Waals surface area contributed by atoms with Crippen molar-refractivity contribution >= 4 is 5.91 Å². The Kier molecular flexibility index (Phi) is 4.35. The molecule has 1 atom stereocenters. The van der Waals surface area contributed by atoms with E-state index in [9.17, 15) is 9.90 Å². The van der Waals surface area contributed by atoms with Crippen molar-refractivity contribution in [1.82, 2.24) is 19.5 Å². The smallest absolute Gasteiger partial charge is 0.276 e. The van der Waals surface area contributed by atoms with Crippen LogP contribution in [0.25, 0.3) is 0 Å². The van der Waals surface area contributed by atoms with Crippen LogP contribution in [-0.4, -0.2) is 56.3 Å². The molecular weight excluding hydrogens is 320 g/mol. The van der Waals surface area contributed by atoms with Gasteiger partial charge in [-0.2, -0.15) is 0 Å². The lowest BCUT2D eigenvalue weighted by atomic mass is 10.1. The Morgan fingerprint density at radius 1 is 1.32 bits per heavy atom. The lowest BCUT2D eigenvalue weighted by Crippen LogP contribution is -2.40. The number of carbonyl (C=O) groups is 1. The Labute approximate surface area is 146 Å². The molecule has 0 bridgehead atoms.